The second-order valence-corrected chi connectivity index (χ2v) is 2.69. The summed E-state index contributed by atoms with van der Waals surface area (Å²) in [6.45, 7) is 3.21. The summed E-state index contributed by atoms with van der Waals surface area (Å²) >= 11 is 6.43. The Labute approximate surface area is 91.4 Å². The van der Waals surface area contributed by atoms with E-state index in [0.717, 1.165) is 6.08 Å². The van der Waals surface area contributed by atoms with Crippen LogP contribution >= 0.6 is 25.3 Å². The van der Waals surface area contributed by atoms with Crippen molar-refractivity contribution in [3.63, 3.8) is 0 Å². The van der Waals surface area contributed by atoms with E-state index in [1.54, 1.807) is 0 Å². The number of carboxylic acids is 1. The number of thiol groups is 2. The van der Waals surface area contributed by atoms with Crippen LogP contribution in [0.1, 0.15) is 0 Å². The van der Waals surface area contributed by atoms with E-state index >= 15 is 0 Å². The van der Waals surface area contributed by atoms with Gasteiger partial charge < -0.3 is 16.2 Å². The lowest BCUT2D eigenvalue weighted by molar-refractivity contribution is -0.137. The molecule has 1 unspecified atom stereocenters. The van der Waals surface area contributed by atoms with Gasteiger partial charge in [-0.1, -0.05) is 31.3 Å². The molecule has 0 aliphatic carbocycles. The Morgan fingerprint density at radius 1 is 1.43 bits per heavy atom. The van der Waals surface area contributed by atoms with E-state index in [2.05, 4.69) is 37.6 Å². The quantitative estimate of drug-likeness (QED) is 0.359. The maximum absolute atomic E-state index is 10.2. The summed E-state index contributed by atoms with van der Waals surface area (Å²) in [7, 11) is 0. The van der Waals surface area contributed by atoms with Crippen LogP contribution in [-0.2, 0) is 4.79 Å². The van der Waals surface area contributed by atoms with Gasteiger partial charge in [0.1, 0.15) is 6.04 Å². The molecule has 0 fully saturated rings. The fraction of sp³-hybridized carbons (Fsp3) is 0.167. The number of aliphatic carboxylic acids is 1. The lowest BCUT2D eigenvalue weighted by Gasteiger charge is -2.05. The first kappa shape index (κ1) is 15.3. The van der Waals surface area contributed by atoms with Crippen LogP contribution in [0.3, 0.4) is 0 Å². The molecular weight excluding hydrogens is 228 g/mol. The number of amides is 2. The molecule has 0 spiro atoms. The first-order valence-corrected chi connectivity index (χ1v) is 4.04. The van der Waals surface area contributed by atoms with Crippen molar-refractivity contribution >= 4 is 41.7 Å². The fourth-order valence-corrected chi connectivity index (χ4v) is 0.494. The largest absolute Gasteiger partial charge is 0.479 e. The third kappa shape index (κ3) is 13.4. The highest BCUT2D eigenvalue weighted by molar-refractivity contribution is 7.96. The maximum Gasteiger partial charge on any atom is 0.330 e. The molecule has 4 N–H and O–H groups in total. The van der Waals surface area contributed by atoms with Crippen LogP contribution in [-0.4, -0.2) is 27.6 Å². The highest BCUT2D eigenvalue weighted by Crippen LogP contribution is 1.87. The third-order valence-corrected chi connectivity index (χ3v) is 0.910. The van der Waals surface area contributed by atoms with Gasteiger partial charge in [0.15, 0.2) is 0 Å². The fourth-order valence-electron chi connectivity index (χ4n) is 0.355. The third-order valence-electron chi connectivity index (χ3n) is 0.781. The molecule has 0 saturated carbocycles. The van der Waals surface area contributed by atoms with Gasteiger partial charge in [0.05, 0.1) is 0 Å². The van der Waals surface area contributed by atoms with Crippen molar-refractivity contribution in [2.45, 2.75) is 6.04 Å². The molecule has 0 rings (SSSR count). The zero-order valence-electron chi connectivity index (χ0n) is 7.01. The lowest BCUT2D eigenvalue weighted by Crippen LogP contribution is -2.36. The number of carboxylic acid groups (broad SMARTS) is 1. The van der Waals surface area contributed by atoms with Gasteiger partial charge in [-0.15, -0.1) is 6.58 Å². The van der Waals surface area contributed by atoms with Crippen molar-refractivity contribution in [3.8, 4) is 0 Å². The summed E-state index contributed by atoms with van der Waals surface area (Å²) in [6, 6.07) is -1.05. The summed E-state index contributed by atoms with van der Waals surface area (Å²) in [5, 5.41) is 9.01. The molecular formula is C6H10N2O4S2. The number of hydrogen-bond acceptors (Lipinski definition) is 3. The smallest absolute Gasteiger partial charge is 0.330 e. The predicted octanol–water partition coefficient (Wildman–Crippen LogP) is 0.260. The Balaban J connectivity index is 0. The normalized spacial score (nSPS) is 10.1. The number of carbonyl (C=O) groups excluding carboxylic acids is 2. The summed E-state index contributed by atoms with van der Waals surface area (Å²) in [6.07, 6.45) is 1.11. The number of carbonyl (C=O) groups is 3. The lowest BCUT2D eigenvalue weighted by atomic mass is 10.3. The summed E-state index contributed by atoms with van der Waals surface area (Å²) in [5.41, 5.74) is 4.34. The molecule has 80 valence electrons. The molecule has 2 amide bonds. The van der Waals surface area contributed by atoms with Crippen LogP contribution in [0.5, 0.6) is 0 Å². The van der Waals surface area contributed by atoms with Crippen LogP contribution < -0.4 is 11.1 Å². The molecule has 6 nitrogen and oxygen atoms in total. The number of nitrogens with two attached hydrogens (primary N) is 1. The minimum absolute atomic E-state index is 0.639. The Morgan fingerprint density at radius 2 is 1.79 bits per heavy atom. The van der Waals surface area contributed by atoms with E-state index in [1.165, 1.54) is 0 Å². The van der Waals surface area contributed by atoms with Gasteiger partial charge in [0, 0.05) is 0 Å². The summed E-state index contributed by atoms with van der Waals surface area (Å²) in [5.74, 6) is -1.16. The van der Waals surface area contributed by atoms with Crippen molar-refractivity contribution in [1.29, 1.82) is 0 Å². The van der Waals surface area contributed by atoms with Gasteiger partial charge >= 0.3 is 5.97 Å². The van der Waals surface area contributed by atoms with Gasteiger partial charge in [0.2, 0.25) is 0 Å². The Hall–Kier alpha value is -1.15. The zero-order valence-corrected chi connectivity index (χ0v) is 8.79. The Morgan fingerprint density at radius 3 is 1.86 bits per heavy atom. The molecule has 0 aromatic heterocycles. The van der Waals surface area contributed by atoms with Gasteiger partial charge in [0.25, 0.3) is 10.5 Å². The van der Waals surface area contributed by atoms with E-state index in [9.17, 15) is 9.59 Å². The van der Waals surface area contributed by atoms with Gasteiger partial charge in [-0.2, -0.15) is 0 Å². The molecule has 0 aliphatic rings. The first-order valence-electron chi connectivity index (χ1n) is 3.14. The van der Waals surface area contributed by atoms with E-state index in [0.29, 0.717) is 0 Å². The molecule has 0 aromatic carbocycles. The van der Waals surface area contributed by atoms with Crippen molar-refractivity contribution in [3.05, 3.63) is 12.7 Å². The van der Waals surface area contributed by atoms with E-state index in [4.69, 9.17) is 9.90 Å². The Bertz CT molecular complexity index is 240. The number of hydrogen-bond donors (Lipinski definition) is 5. The molecule has 0 aromatic rings. The van der Waals surface area contributed by atoms with Crippen LogP contribution in [0.4, 0.5) is 9.59 Å². The topological polar surface area (TPSA) is 109 Å². The zero-order chi connectivity index (χ0) is 11.7. The van der Waals surface area contributed by atoms with Gasteiger partial charge in [-0.3, -0.25) is 9.59 Å². The average molecular weight is 238 g/mol. The summed E-state index contributed by atoms with van der Waals surface area (Å²) in [4.78, 5) is 29.4. The van der Waals surface area contributed by atoms with E-state index in [-0.39, 0.29) is 0 Å². The van der Waals surface area contributed by atoms with Crippen LogP contribution in [0.25, 0.3) is 0 Å². The maximum atomic E-state index is 10.2. The summed E-state index contributed by atoms with van der Waals surface area (Å²) < 4.78 is 0. The van der Waals surface area contributed by atoms with Crippen molar-refractivity contribution in [1.82, 2.24) is 5.32 Å². The van der Waals surface area contributed by atoms with E-state index < -0.39 is 22.5 Å². The monoisotopic (exact) mass is 238 g/mol. The molecule has 8 heteroatoms. The SMILES string of the molecule is C=CC(NC(=O)S)C(=O)O.NC(=O)S. The van der Waals surface area contributed by atoms with E-state index in [1.807, 2.05) is 5.32 Å². The number of rotatable bonds is 3. The van der Waals surface area contributed by atoms with Crippen molar-refractivity contribution in [2.75, 3.05) is 0 Å². The molecule has 0 bridgehead atoms. The van der Waals surface area contributed by atoms with Crippen molar-refractivity contribution in [2.24, 2.45) is 5.73 Å². The second kappa shape index (κ2) is 8.45. The molecule has 0 heterocycles. The molecule has 1 atom stereocenters. The predicted molar refractivity (Wildman–Crippen MR) is 57.7 cm³/mol. The van der Waals surface area contributed by atoms with Crippen LogP contribution in [0.15, 0.2) is 12.7 Å². The average Bonchev–Trinajstić information content (AvgIpc) is 1.98. The first-order chi connectivity index (χ1) is 6.31. The van der Waals surface area contributed by atoms with Crippen LogP contribution in [0.2, 0.25) is 0 Å². The van der Waals surface area contributed by atoms with Gasteiger partial charge in [-0.25, -0.2) is 4.79 Å². The molecule has 0 saturated heterocycles. The molecule has 14 heavy (non-hydrogen) atoms. The number of primary amides is 1. The van der Waals surface area contributed by atoms with Gasteiger partial charge in [-0.05, 0) is 0 Å². The standard InChI is InChI=1S/C5H7NO3S.CH3NOS/c1-2-3(4(7)8)6-5(9)10;2-1(3)4/h2-3H,1H2,(H,7,8)(H2,6,9,10);(H3,2,3,4). The Kier molecular flexibility index (Phi) is 9.25. The number of nitrogens with one attached hydrogen (secondary N) is 1. The van der Waals surface area contributed by atoms with Crippen molar-refractivity contribution < 1.29 is 19.5 Å². The minimum Gasteiger partial charge on any atom is -0.479 e. The highest BCUT2D eigenvalue weighted by Gasteiger charge is 2.12. The second-order valence-electron chi connectivity index (χ2n) is 1.84. The minimum atomic E-state index is -1.16. The van der Waals surface area contributed by atoms with Crippen LogP contribution in [0, 0.1) is 0 Å². The molecule has 0 aliphatic heterocycles. The molecule has 0 radical (unpaired) electrons. The highest BCUT2D eigenvalue weighted by atomic mass is 32.1.